The van der Waals surface area contributed by atoms with Crippen molar-refractivity contribution in [2.24, 2.45) is 0 Å². The smallest absolute Gasteiger partial charge is 0.345 e. The minimum atomic E-state index is -0.793. The van der Waals surface area contributed by atoms with Crippen LogP contribution in [0.1, 0.15) is 41.4 Å². The van der Waals surface area contributed by atoms with Crippen LogP contribution < -0.4 is 10.1 Å². The average molecular weight is 439 g/mol. The van der Waals surface area contributed by atoms with Gasteiger partial charge in [0.1, 0.15) is 5.75 Å². The van der Waals surface area contributed by atoms with Crippen molar-refractivity contribution in [1.82, 2.24) is 0 Å². The molecule has 1 heterocycles. The van der Waals surface area contributed by atoms with Crippen molar-refractivity contribution in [1.29, 1.82) is 0 Å². The highest BCUT2D eigenvalue weighted by Crippen LogP contribution is 2.23. The first-order chi connectivity index (χ1) is 14.9. The van der Waals surface area contributed by atoms with Crippen LogP contribution in [0.15, 0.2) is 59.3 Å². The van der Waals surface area contributed by atoms with Gasteiger partial charge >= 0.3 is 17.9 Å². The number of carbonyl (C=O) groups is 4. The van der Waals surface area contributed by atoms with Crippen LogP contribution in [0.3, 0.4) is 0 Å². The first-order valence-corrected chi connectivity index (χ1v) is 9.83. The van der Waals surface area contributed by atoms with Crippen molar-refractivity contribution in [3.8, 4) is 5.75 Å². The van der Waals surface area contributed by atoms with Crippen LogP contribution in [0, 0.1) is 0 Å². The zero-order valence-electron chi connectivity index (χ0n) is 16.5. The number of nitrogens with one attached hydrogen (secondary N) is 1. The number of methoxy groups -OCH3 is 2. The van der Waals surface area contributed by atoms with Crippen LogP contribution >= 0.6 is 11.3 Å². The van der Waals surface area contributed by atoms with Crippen molar-refractivity contribution in [3.63, 3.8) is 0 Å². The Bertz CT molecular complexity index is 1100. The molecule has 2 aromatic carbocycles. The molecule has 3 aromatic rings. The lowest BCUT2D eigenvalue weighted by Gasteiger charge is -2.12. The van der Waals surface area contributed by atoms with E-state index in [1.54, 1.807) is 35.0 Å². The summed E-state index contributed by atoms with van der Waals surface area (Å²) >= 11 is 1.37. The molecule has 0 bridgehead atoms. The van der Waals surface area contributed by atoms with E-state index in [0.717, 1.165) is 0 Å². The molecule has 8 nitrogen and oxygen atoms in total. The van der Waals surface area contributed by atoms with E-state index in [0.29, 0.717) is 5.56 Å². The lowest BCUT2D eigenvalue weighted by molar-refractivity contribution is 0.0593. The van der Waals surface area contributed by atoms with Crippen LogP contribution in [0.5, 0.6) is 5.75 Å². The predicted molar refractivity (Wildman–Crippen MR) is 113 cm³/mol. The number of hydrogen-bond donors (Lipinski definition) is 1. The molecule has 0 aliphatic carbocycles. The van der Waals surface area contributed by atoms with E-state index in [1.807, 2.05) is 0 Å². The third kappa shape index (κ3) is 5.14. The van der Waals surface area contributed by atoms with Gasteiger partial charge in [0.15, 0.2) is 0 Å². The summed E-state index contributed by atoms with van der Waals surface area (Å²) in [6, 6.07) is 11.8. The fraction of sp³-hybridized carbons (Fsp3) is 0.0909. The number of thiophene rings is 1. The van der Waals surface area contributed by atoms with Crippen molar-refractivity contribution >= 4 is 40.8 Å². The quantitative estimate of drug-likeness (QED) is 0.460. The second-order valence-electron chi connectivity index (χ2n) is 6.13. The van der Waals surface area contributed by atoms with Gasteiger partial charge in [-0.25, -0.2) is 14.4 Å². The Morgan fingerprint density at radius 1 is 0.806 bits per heavy atom. The van der Waals surface area contributed by atoms with Crippen LogP contribution in [0.25, 0.3) is 0 Å². The second-order valence-corrected chi connectivity index (χ2v) is 6.91. The molecule has 0 aliphatic rings. The fourth-order valence-corrected chi connectivity index (χ4v) is 3.29. The van der Waals surface area contributed by atoms with Gasteiger partial charge in [-0.2, -0.15) is 11.3 Å². The molecule has 0 unspecified atom stereocenters. The molecule has 9 heteroatoms. The number of esters is 3. The Morgan fingerprint density at radius 3 is 2.03 bits per heavy atom. The zero-order valence-corrected chi connectivity index (χ0v) is 17.4. The molecule has 1 aromatic heterocycles. The third-order valence-corrected chi connectivity index (χ3v) is 4.82. The Kier molecular flexibility index (Phi) is 6.78. The van der Waals surface area contributed by atoms with Gasteiger partial charge in [-0.15, -0.1) is 0 Å². The molecular weight excluding hydrogens is 422 g/mol. The summed E-state index contributed by atoms with van der Waals surface area (Å²) in [5.41, 5.74) is 0.816. The second kappa shape index (κ2) is 9.68. The zero-order chi connectivity index (χ0) is 22.4. The molecule has 158 valence electrons. The van der Waals surface area contributed by atoms with E-state index in [2.05, 4.69) is 14.8 Å². The SMILES string of the molecule is COC(=O)c1cc(OC(=O)c2ccccc2NC(=O)c2ccsc2)cc(C(=O)OC)c1. The number of rotatable bonds is 6. The molecule has 31 heavy (non-hydrogen) atoms. The van der Waals surface area contributed by atoms with E-state index in [-0.39, 0.29) is 34.0 Å². The Hall–Kier alpha value is -3.98. The Balaban J connectivity index is 1.89. The number of amides is 1. The number of ether oxygens (including phenoxy) is 3. The van der Waals surface area contributed by atoms with E-state index >= 15 is 0 Å². The number of benzene rings is 2. The van der Waals surface area contributed by atoms with Crippen molar-refractivity contribution in [2.45, 2.75) is 0 Å². The molecule has 0 radical (unpaired) electrons. The van der Waals surface area contributed by atoms with E-state index < -0.39 is 17.9 Å². The van der Waals surface area contributed by atoms with Crippen LogP contribution in [0.2, 0.25) is 0 Å². The highest BCUT2D eigenvalue weighted by Gasteiger charge is 2.19. The van der Waals surface area contributed by atoms with Gasteiger partial charge in [-0.3, -0.25) is 4.79 Å². The highest BCUT2D eigenvalue weighted by molar-refractivity contribution is 7.08. The summed E-state index contributed by atoms with van der Waals surface area (Å²) in [7, 11) is 2.37. The van der Waals surface area contributed by atoms with Crippen molar-refractivity contribution in [3.05, 3.63) is 81.5 Å². The van der Waals surface area contributed by atoms with Gasteiger partial charge in [-0.1, -0.05) is 12.1 Å². The minimum Gasteiger partial charge on any atom is -0.465 e. The van der Waals surface area contributed by atoms with Crippen LogP contribution in [0.4, 0.5) is 5.69 Å². The summed E-state index contributed by atoms with van der Waals surface area (Å²) in [4.78, 5) is 49.0. The van der Waals surface area contributed by atoms with Gasteiger partial charge in [0.05, 0.1) is 42.2 Å². The maximum absolute atomic E-state index is 12.8. The summed E-state index contributed by atoms with van der Waals surface area (Å²) in [5.74, 6) is -2.66. The molecule has 1 amide bonds. The number of para-hydroxylation sites is 1. The van der Waals surface area contributed by atoms with E-state index in [1.165, 1.54) is 49.8 Å². The average Bonchev–Trinajstić information content (AvgIpc) is 3.33. The summed E-state index contributed by atoms with van der Waals surface area (Å²) in [5, 5.41) is 6.13. The summed E-state index contributed by atoms with van der Waals surface area (Å²) < 4.78 is 14.7. The van der Waals surface area contributed by atoms with Gasteiger partial charge in [0.25, 0.3) is 5.91 Å². The number of anilines is 1. The molecule has 0 atom stereocenters. The largest absolute Gasteiger partial charge is 0.465 e. The van der Waals surface area contributed by atoms with Crippen LogP contribution in [-0.2, 0) is 9.47 Å². The van der Waals surface area contributed by atoms with Crippen molar-refractivity contribution < 1.29 is 33.4 Å². The predicted octanol–water partition coefficient (Wildman–Crippen LogP) is 3.79. The first-order valence-electron chi connectivity index (χ1n) is 8.89. The Morgan fingerprint density at radius 2 is 1.45 bits per heavy atom. The minimum absolute atomic E-state index is 0.00671. The topological polar surface area (TPSA) is 108 Å². The summed E-state index contributed by atoms with van der Waals surface area (Å²) in [6.45, 7) is 0. The highest BCUT2D eigenvalue weighted by atomic mass is 32.1. The van der Waals surface area contributed by atoms with Gasteiger partial charge in [0, 0.05) is 5.38 Å². The lowest BCUT2D eigenvalue weighted by Crippen LogP contribution is -2.17. The van der Waals surface area contributed by atoms with Crippen molar-refractivity contribution in [2.75, 3.05) is 19.5 Å². The molecule has 0 saturated heterocycles. The van der Waals surface area contributed by atoms with Crippen LogP contribution in [-0.4, -0.2) is 38.0 Å². The normalized spacial score (nSPS) is 10.1. The molecule has 0 spiro atoms. The molecule has 0 saturated carbocycles. The van der Waals surface area contributed by atoms with Gasteiger partial charge in [0.2, 0.25) is 0 Å². The molecular formula is C22H17NO7S. The molecule has 0 fully saturated rings. The molecule has 3 rings (SSSR count). The Labute approximate surface area is 181 Å². The first kappa shape index (κ1) is 21.7. The standard InChI is InChI=1S/C22H17NO7S/c1-28-20(25)14-9-15(21(26)29-2)11-16(10-14)30-22(27)17-5-3-4-6-18(17)23-19(24)13-7-8-31-12-13/h3-12H,1-2H3,(H,23,24). The number of hydrogen-bond acceptors (Lipinski definition) is 8. The third-order valence-electron chi connectivity index (χ3n) is 4.14. The van der Waals surface area contributed by atoms with E-state index in [9.17, 15) is 19.2 Å². The lowest BCUT2D eigenvalue weighted by atomic mass is 10.1. The van der Waals surface area contributed by atoms with Gasteiger partial charge < -0.3 is 19.5 Å². The molecule has 1 N–H and O–H groups in total. The maximum atomic E-state index is 12.8. The maximum Gasteiger partial charge on any atom is 0.345 e. The molecule has 0 aliphatic heterocycles. The van der Waals surface area contributed by atoms with Gasteiger partial charge in [-0.05, 0) is 41.8 Å². The fourth-order valence-electron chi connectivity index (χ4n) is 2.65. The summed E-state index contributed by atoms with van der Waals surface area (Å²) in [6.07, 6.45) is 0. The van der Waals surface area contributed by atoms with E-state index in [4.69, 9.17) is 4.74 Å². The monoisotopic (exact) mass is 439 g/mol. The number of carbonyl (C=O) groups excluding carboxylic acids is 4.